The van der Waals surface area contributed by atoms with E-state index in [2.05, 4.69) is 13.8 Å². The topological polar surface area (TPSA) is 89.9 Å². The standard InChI is InChI=1S/C19H32O6/c1-3-5-7-9-24-18(22)15-11-14(17(20)21)12-16(13-15)19(23)25-10-8-6-4-2/h14-16H,3-13H2,1-2H3,(H,20,21). The third-order valence-electron chi connectivity index (χ3n) is 4.71. The molecule has 25 heavy (non-hydrogen) atoms. The van der Waals surface area contributed by atoms with Crippen molar-refractivity contribution in [1.82, 2.24) is 0 Å². The van der Waals surface area contributed by atoms with Crippen LogP contribution in [0.15, 0.2) is 0 Å². The zero-order valence-corrected chi connectivity index (χ0v) is 15.5. The lowest BCUT2D eigenvalue weighted by molar-refractivity contribution is -0.159. The average Bonchev–Trinajstić information content (AvgIpc) is 2.61. The van der Waals surface area contributed by atoms with Crippen LogP contribution < -0.4 is 0 Å². The molecule has 1 aliphatic carbocycles. The van der Waals surface area contributed by atoms with Crippen molar-refractivity contribution in [2.24, 2.45) is 17.8 Å². The van der Waals surface area contributed by atoms with E-state index in [0.29, 0.717) is 19.6 Å². The van der Waals surface area contributed by atoms with Crippen LogP contribution in [0.25, 0.3) is 0 Å². The summed E-state index contributed by atoms with van der Waals surface area (Å²) in [4.78, 5) is 35.8. The number of hydrogen-bond acceptors (Lipinski definition) is 5. The van der Waals surface area contributed by atoms with Gasteiger partial charge in [0.25, 0.3) is 0 Å². The third kappa shape index (κ3) is 7.88. The lowest BCUT2D eigenvalue weighted by atomic mass is 9.75. The Morgan fingerprint density at radius 3 is 1.52 bits per heavy atom. The van der Waals surface area contributed by atoms with Crippen molar-refractivity contribution >= 4 is 17.9 Å². The van der Waals surface area contributed by atoms with Gasteiger partial charge >= 0.3 is 17.9 Å². The van der Waals surface area contributed by atoms with Gasteiger partial charge in [-0.2, -0.15) is 0 Å². The van der Waals surface area contributed by atoms with Crippen LogP contribution in [0.4, 0.5) is 0 Å². The van der Waals surface area contributed by atoms with Gasteiger partial charge < -0.3 is 14.6 Å². The Labute approximate surface area is 150 Å². The van der Waals surface area contributed by atoms with Crippen LogP contribution in [-0.2, 0) is 23.9 Å². The van der Waals surface area contributed by atoms with Crippen molar-refractivity contribution in [3.8, 4) is 0 Å². The summed E-state index contributed by atoms with van der Waals surface area (Å²) in [6.07, 6.45) is 6.46. The molecular formula is C19H32O6. The largest absolute Gasteiger partial charge is 0.481 e. The van der Waals surface area contributed by atoms with E-state index in [9.17, 15) is 19.5 Å². The summed E-state index contributed by atoms with van der Waals surface area (Å²) in [5.74, 6) is -3.51. The molecule has 1 N–H and O–H groups in total. The Bertz CT molecular complexity index is 402. The predicted molar refractivity (Wildman–Crippen MR) is 92.9 cm³/mol. The summed E-state index contributed by atoms with van der Waals surface area (Å²) in [5.41, 5.74) is 0. The number of carboxylic acid groups (broad SMARTS) is 1. The minimum Gasteiger partial charge on any atom is -0.481 e. The summed E-state index contributed by atoms with van der Waals surface area (Å²) < 4.78 is 10.5. The number of aliphatic carboxylic acids is 1. The number of rotatable bonds is 11. The highest BCUT2D eigenvalue weighted by atomic mass is 16.5. The zero-order valence-electron chi connectivity index (χ0n) is 15.5. The van der Waals surface area contributed by atoms with Crippen LogP contribution in [0, 0.1) is 17.8 Å². The lowest BCUT2D eigenvalue weighted by Gasteiger charge is -2.30. The molecule has 2 unspecified atom stereocenters. The van der Waals surface area contributed by atoms with Gasteiger partial charge in [-0.05, 0) is 32.1 Å². The van der Waals surface area contributed by atoms with Gasteiger partial charge in [0.2, 0.25) is 0 Å². The average molecular weight is 356 g/mol. The van der Waals surface area contributed by atoms with Crippen molar-refractivity contribution in [2.45, 2.75) is 71.6 Å². The zero-order chi connectivity index (χ0) is 18.7. The maximum Gasteiger partial charge on any atom is 0.308 e. The van der Waals surface area contributed by atoms with E-state index in [1.165, 1.54) is 0 Å². The highest BCUT2D eigenvalue weighted by Gasteiger charge is 2.40. The van der Waals surface area contributed by atoms with E-state index < -0.39 is 23.7 Å². The molecule has 0 aromatic heterocycles. The van der Waals surface area contributed by atoms with E-state index in [-0.39, 0.29) is 24.8 Å². The molecule has 144 valence electrons. The van der Waals surface area contributed by atoms with E-state index in [1.807, 2.05) is 0 Å². The van der Waals surface area contributed by atoms with E-state index in [4.69, 9.17) is 9.47 Å². The second kappa shape index (κ2) is 11.9. The molecule has 2 atom stereocenters. The minimum absolute atomic E-state index is 0.238. The molecule has 0 heterocycles. The smallest absolute Gasteiger partial charge is 0.308 e. The maximum absolute atomic E-state index is 12.2. The lowest BCUT2D eigenvalue weighted by Crippen LogP contribution is -2.36. The van der Waals surface area contributed by atoms with Gasteiger partial charge in [-0.3, -0.25) is 14.4 Å². The number of ether oxygens (including phenoxy) is 2. The number of unbranched alkanes of at least 4 members (excludes halogenated alkanes) is 4. The van der Waals surface area contributed by atoms with Gasteiger partial charge in [0.1, 0.15) is 0 Å². The predicted octanol–water partition coefficient (Wildman–Crippen LogP) is 3.57. The van der Waals surface area contributed by atoms with Gasteiger partial charge in [0, 0.05) is 0 Å². The van der Waals surface area contributed by atoms with Crippen molar-refractivity contribution in [3.05, 3.63) is 0 Å². The molecule has 1 rings (SSSR count). The quantitative estimate of drug-likeness (QED) is 0.449. The fourth-order valence-corrected chi connectivity index (χ4v) is 3.19. The highest BCUT2D eigenvalue weighted by Crippen LogP contribution is 2.35. The molecule has 0 aromatic rings. The Balaban J connectivity index is 2.56. The summed E-state index contributed by atoms with van der Waals surface area (Å²) in [7, 11) is 0. The Morgan fingerprint density at radius 2 is 1.16 bits per heavy atom. The summed E-state index contributed by atoms with van der Waals surface area (Å²) in [6.45, 7) is 4.84. The van der Waals surface area contributed by atoms with Crippen molar-refractivity contribution in [3.63, 3.8) is 0 Å². The van der Waals surface area contributed by atoms with Crippen LogP contribution in [0.1, 0.15) is 71.6 Å². The molecule has 0 saturated heterocycles. The van der Waals surface area contributed by atoms with Crippen molar-refractivity contribution < 1.29 is 29.0 Å². The molecule has 0 radical (unpaired) electrons. The molecule has 6 nitrogen and oxygen atoms in total. The van der Waals surface area contributed by atoms with Crippen LogP contribution in [0.2, 0.25) is 0 Å². The second-order valence-corrected chi connectivity index (χ2v) is 6.89. The SMILES string of the molecule is CCCCCOC(=O)C1CC(C(=O)O)CC(C(=O)OCCCCC)C1. The number of carbonyl (C=O) groups is 3. The molecule has 0 spiro atoms. The first kappa shape index (κ1) is 21.5. The Morgan fingerprint density at radius 1 is 0.760 bits per heavy atom. The normalized spacial score (nSPS) is 23.0. The van der Waals surface area contributed by atoms with Gasteiger partial charge in [0.05, 0.1) is 31.0 Å². The first-order valence-corrected chi connectivity index (χ1v) is 9.55. The third-order valence-corrected chi connectivity index (χ3v) is 4.71. The number of carbonyl (C=O) groups excluding carboxylic acids is 2. The van der Waals surface area contributed by atoms with Crippen molar-refractivity contribution in [1.29, 1.82) is 0 Å². The number of carboxylic acids is 1. The van der Waals surface area contributed by atoms with Gasteiger partial charge in [-0.15, -0.1) is 0 Å². The summed E-state index contributed by atoms with van der Waals surface area (Å²) >= 11 is 0. The first-order chi connectivity index (χ1) is 12.0. The molecule has 0 aromatic carbocycles. The van der Waals surface area contributed by atoms with E-state index in [1.54, 1.807) is 0 Å². The molecule has 0 aliphatic heterocycles. The van der Waals surface area contributed by atoms with Gasteiger partial charge in [-0.1, -0.05) is 39.5 Å². The number of esters is 2. The highest BCUT2D eigenvalue weighted by molar-refractivity contribution is 5.79. The second-order valence-electron chi connectivity index (χ2n) is 6.89. The van der Waals surface area contributed by atoms with Crippen LogP contribution in [-0.4, -0.2) is 36.2 Å². The first-order valence-electron chi connectivity index (χ1n) is 9.55. The molecule has 0 amide bonds. The maximum atomic E-state index is 12.2. The molecule has 6 heteroatoms. The molecule has 0 bridgehead atoms. The van der Waals surface area contributed by atoms with Crippen LogP contribution in [0.5, 0.6) is 0 Å². The fraction of sp³-hybridized carbons (Fsp3) is 0.842. The molecule has 1 saturated carbocycles. The molecule has 1 fully saturated rings. The van der Waals surface area contributed by atoms with Crippen molar-refractivity contribution in [2.75, 3.05) is 13.2 Å². The summed E-state index contributed by atoms with van der Waals surface area (Å²) in [6, 6.07) is 0. The monoisotopic (exact) mass is 356 g/mol. The summed E-state index contributed by atoms with van der Waals surface area (Å²) in [5, 5.41) is 9.33. The molecule has 1 aliphatic rings. The Kier molecular flexibility index (Phi) is 10.2. The minimum atomic E-state index is -0.965. The van der Waals surface area contributed by atoms with Gasteiger partial charge in [0.15, 0.2) is 0 Å². The van der Waals surface area contributed by atoms with Crippen LogP contribution >= 0.6 is 0 Å². The van der Waals surface area contributed by atoms with E-state index >= 15 is 0 Å². The molecular weight excluding hydrogens is 324 g/mol. The van der Waals surface area contributed by atoms with Gasteiger partial charge in [-0.25, -0.2) is 0 Å². The number of hydrogen-bond donors (Lipinski definition) is 1. The Hall–Kier alpha value is -1.59. The fourth-order valence-electron chi connectivity index (χ4n) is 3.19. The van der Waals surface area contributed by atoms with E-state index in [0.717, 1.165) is 38.5 Å². The van der Waals surface area contributed by atoms with Crippen LogP contribution in [0.3, 0.4) is 0 Å².